The molecular weight excluding hydrogens is 476 g/mol. The van der Waals surface area contributed by atoms with Gasteiger partial charge in [-0.2, -0.15) is 0 Å². The van der Waals surface area contributed by atoms with Crippen molar-refractivity contribution < 1.29 is 19.0 Å². The number of nitrogens with zero attached hydrogens (tertiary/aromatic N) is 6. The molecule has 4 aromatic rings. The van der Waals surface area contributed by atoms with Crippen LogP contribution in [-0.2, 0) is 16.5 Å². The number of carbonyl (C=O) groups excluding carboxylic acids is 1. The smallest absolute Gasteiger partial charge is 0.360 e. The maximum atomic E-state index is 12.8. The van der Waals surface area contributed by atoms with Crippen LogP contribution in [0.3, 0.4) is 0 Å². The number of nitrogens with one attached hydrogen (secondary N) is 2. The lowest BCUT2D eigenvalue weighted by Crippen LogP contribution is -2.36. The maximum Gasteiger partial charge on any atom is 0.360 e. The first-order chi connectivity index (χ1) is 18.0. The third-order valence-electron chi connectivity index (χ3n) is 6.22. The Hall–Kier alpha value is -4.45. The number of carbonyl (C=O) groups is 1. The Morgan fingerprint density at radius 1 is 1.11 bits per heavy atom. The molecule has 0 radical (unpaired) electrons. The summed E-state index contributed by atoms with van der Waals surface area (Å²) in [5, 5.41) is 6.29. The van der Waals surface area contributed by atoms with Crippen molar-refractivity contribution in [2.24, 2.45) is 7.05 Å². The van der Waals surface area contributed by atoms with E-state index in [4.69, 9.17) is 19.2 Å². The van der Waals surface area contributed by atoms with E-state index in [0.717, 1.165) is 24.3 Å². The first-order valence-corrected chi connectivity index (χ1v) is 11.7. The van der Waals surface area contributed by atoms with Crippen LogP contribution in [0.5, 0.6) is 5.75 Å². The number of hydrogen-bond donors (Lipinski definition) is 2. The van der Waals surface area contributed by atoms with E-state index in [0.29, 0.717) is 47.2 Å². The first-order valence-electron chi connectivity index (χ1n) is 11.7. The highest BCUT2D eigenvalue weighted by Gasteiger charge is 2.24. The van der Waals surface area contributed by atoms with Crippen LogP contribution in [0.1, 0.15) is 10.5 Å². The molecule has 0 unspecified atom stereocenters. The Labute approximate surface area is 213 Å². The number of fused-ring (bicyclic) bond motifs is 1. The van der Waals surface area contributed by atoms with Crippen LogP contribution in [0.25, 0.3) is 22.3 Å². The number of anilines is 4. The second-order valence-corrected chi connectivity index (χ2v) is 8.38. The molecular formula is C25H28N8O4. The van der Waals surface area contributed by atoms with Crippen LogP contribution in [0.4, 0.5) is 23.0 Å². The molecule has 5 rings (SSSR count). The fourth-order valence-electron chi connectivity index (χ4n) is 4.27. The molecule has 0 spiro atoms. The predicted octanol–water partition coefficient (Wildman–Crippen LogP) is 2.84. The van der Waals surface area contributed by atoms with Crippen LogP contribution in [0.2, 0.25) is 0 Å². The van der Waals surface area contributed by atoms with Crippen LogP contribution in [0, 0.1) is 0 Å². The largest absolute Gasteiger partial charge is 0.494 e. The van der Waals surface area contributed by atoms with E-state index >= 15 is 0 Å². The average Bonchev–Trinajstić information content (AvgIpc) is 3.33. The molecule has 3 aromatic heterocycles. The minimum atomic E-state index is -0.635. The van der Waals surface area contributed by atoms with Crippen LogP contribution < -0.4 is 20.3 Å². The average molecular weight is 505 g/mol. The second kappa shape index (κ2) is 10.3. The van der Waals surface area contributed by atoms with Gasteiger partial charge in [-0.15, -0.1) is 0 Å². The van der Waals surface area contributed by atoms with Crippen molar-refractivity contribution in [1.29, 1.82) is 0 Å². The van der Waals surface area contributed by atoms with Crippen molar-refractivity contribution in [3.05, 3.63) is 42.6 Å². The van der Waals surface area contributed by atoms with Gasteiger partial charge in [-0.3, -0.25) is 4.98 Å². The Balaban J connectivity index is 1.58. The van der Waals surface area contributed by atoms with Crippen molar-refractivity contribution in [3.8, 4) is 17.0 Å². The molecule has 1 fully saturated rings. The van der Waals surface area contributed by atoms with Gasteiger partial charge in [-0.25, -0.2) is 19.7 Å². The van der Waals surface area contributed by atoms with Crippen molar-refractivity contribution in [3.63, 3.8) is 0 Å². The highest BCUT2D eigenvalue weighted by Crippen LogP contribution is 2.36. The van der Waals surface area contributed by atoms with Crippen molar-refractivity contribution in [2.45, 2.75) is 0 Å². The Kier molecular flexibility index (Phi) is 6.73. The highest BCUT2D eigenvalue weighted by molar-refractivity contribution is 5.98. The zero-order valence-electron chi connectivity index (χ0n) is 21.1. The summed E-state index contributed by atoms with van der Waals surface area (Å²) in [5.74, 6) is 0.626. The van der Waals surface area contributed by atoms with Crippen molar-refractivity contribution >= 4 is 40.0 Å². The molecule has 0 aliphatic carbocycles. The van der Waals surface area contributed by atoms with Crippen LogP contribution in [-0.4, -0.2) is 78.0 Å². The first kappa shape index (κ1) is 24.3. The summed E-state index contributed by atoms with van der Waals surface area (Å²) in [6, 6.07) is 5.82. The van der Waals surface area contributed by atoms with Gasteiger partial charge in [0.05, 0.1) is 56.7 Å². The lowest BCUT2D eigenvalue weighted by molar-refractivity contribution is 0.0595. The van der Waals surface area contributed by atoms with Gasteiger partial charge in [0.25, 0.3) is 0 Å². The Bertz CT molecular complexity index is 1450. The molecule has 192 valence electrons. The van der Waals surface area contributed by atoms with Gasteiger partial charge < -0.3 is 34.3 Å². The molecule has 1 saturated heterocycles. The Morgan fingerprint density at radius 3 is 2.65 bits per heavy atom. The lowest BCUT2D eigenvalue weighted by Gasteiger charge is -2.29. The highest BCUT2D eigenvalue weighted by atomic mass is 16.5. The molecule has 4 heterocycles. The molecule has 37 heavy (non-hydrogen) atoms. The quantitative estimate of drug-likeness (QED) is 0.361. The van der Waals surface area contributed by atoms with Crippen LogP contribution >= 0.6 is 0 Å². The van der Waals surface area contributed by atoms with E-state index in [9.17, 15) is 4.79 Å². The number of pyridine rings is 1. The van der Waals surface area contributed by atoms with Gasteiger partial charge in [0.15, 0.2) is 17.3 Å². The summed E-state index contributed by atoms with van der Waals surface area (Å²) >= 11 is 0. The normalized spacial score (nSPS) is 13.5. The van der Waals surface area contributed by atoms with E-state index < -0.39 is 5.97 Å². The van der Waals surface area contributed by atoms with Gasteiger partial charge in [-0.1, -0.05) is 0 Å². The number of hydrogen-bond acceptors (Lipinski definition) is 11. The van der Waals surface area contributed by atoms with E-state index in [2.05, 4.69) is 30.5 Å². The molecule has 12 heteroatoms. The summed E-state index contributed by atoms with van der Waals surface area (Å²) in [6.45, 7) is 2.97. The van der Waals surface area contributed by atoms with E-state index in [1.165, 1.54) is 7.11 Å². The van der Waals surface area contributed by atoms with Gasteiger partial charge >= 0.3 is 5.97 Å². The minimum Gasteiger partial charge on any atom is -0.494 e. The topological polar surface area (TPSA) is 129 Å². The second-order valence-electron chi connectivity index (χ2n) is 8.38. The summed E-state index contributed by atoms with van der Waals surface area (Å²) in [6.07, 6.45) is 5.08. The van der Waals surface area contributed by atoms with E-state index in [1.54, 1.807) is 32.9 Å². The number of morpholine rings is 1. The van der Waals surface area contributed by atoms with E-state index in [-0.39, 0.29) is 11.5 Å². The zero-order chi connectivity index (χ0) is 25.9. The van der Waals surface area contributed by atoms with Gasteiger partial charge in [-0.05, 0) is 12.1 Å². The number of ether oxygens (including phenoxy) is 3. The number of esters is 1. The molecule has 1 aromatic carbocycles. The predicted molar refractivity (Wildman–Crippen MR) is 140 cm³/mol. The molecule has 0 amide bonds. The number of aryl methyl sites for hydroxylation is 1. The third-order valence-corrected chi connectivity index (χ3v) is 6.22. The number of imidazole rings is 1. The number of methoxy groups -OCH3 is 2. The number of rotatable bonds is 7. The van der Waals surface area contributed by atoms with Gasteiger partial charge in [0.2, 0.25) is 0 Å². The molecule has 1 aliphatic heterocycles. The Morgan fingerprint density at radius 2 is 1.92 bits per heavy atom. The van der Waals surface area contributed by atoms with Crippen molar-refractivity contribution in [1.82, 2.24) is 24.5 Å². The lowest BCUT2D eigenvalue weighted by atomic mass is 10.1. The maximum absolute atomic E-state index is 12.8. The zero-order valence-corrected chi connectivity index (χ0v) is 21.1. The molecule has 2 N–H and O–H groups in total. The van der Waals surface area contributed by atoms with Gasteiger partial charge in [0.1, 0.15) is 17.0 Å². The van der Waals surface area contributed by atoms with E-state index in [1.807, 2.05) is 29.8 Å². The van der Waals surface area contributed by atoms with Crippen LogP contribution in [0.15, 0.2) is 36.9 Å². The van der Waals surface area contributed by atoms with Crippen molar-refractivity contribution in [2.75, 3.05) is 63.1 Å². The minimum absolute atomic E-state index is 0.0174. The fraction of sp³-hybridized carbons (Fsp3) is 0.320. The standard InChI is InChI=1S/C25H28N8O4/c1-26-23-21(16-12-27-13-18-20(16)28-14-32(18)2)30-22(25(34)36-4)24(31-23)29-17-6-5-15(11-19(17)35-3)33-7-9-37-10-8-33/h5-6,11-14H,7-10H2,1-4H3,(H2,26,29,31). The summed E-state index contributed by atoms with van der Waals surface area (Å²) in [7, 11) is 6.52. The summed E-state index contributed by atoms with van der Waals surface area (Å²) in [4.78, 5) is 33.3. The number of aromatic nitrogens is 5. The summed E-state index contributed by atoms with van der Waals surface area (Å²) in [5.41, 5.74) is 4.26. The molecule has 0 bridgehead atoms. The molecule has 1 aliphatic rings. The molecule has 0 atom stereocenters. The third kappa shape index (κ3) is 4.58. The molecule has 0 saturated carbocycles. The molecule has 12 nitrogen and oxygen atoms in total. The van der Waals surface area contributed by atoms with Gasteiger partial charge in [0, 0.05) is 45.1 Å². The summed E-state index contributed by atoms with van der Waals surface area (Å²) < 4.78 is 18.0. The fourth-order valence-corrected chi connectivity index (χ4v) is 4.27. The SMILES string of the molecule is CNc1nc(Nc2ccc(N3CCOCC3)cc2OC)c(C(=O)OC)nc1-c1cncc2c1ncn2C. The monoisotopic (exact) mass is 504 g/mol. The number of benzene rings is 1.